The molecule has 3 nitrogen and oxygen atoms in total. The lowest BCUT2D eigenvalue weighted by atomic mass is 10.3. The molecular weight excluding hydrogens is 266 g/mol. The van der Waals surface area contributed by atoms with Gasteiger partial charge in [0.25, 0.3) is 0 Å². The Morgan fingerprint density at radius 3 is 2.75 bits per heavy atom. The molecule has 1 aromatic rings. The Labute approximate surface area is 106 Å². The summed E-state index contributed by atoms with van der Waals surface area (Å²) in [7, 11) is 0. The van der Waals surface area contributed by atoms with Crippen molar-refractivity contribution in [2.45, 2.75) is 40.8 Å². The molecule has 0 spiro atoms. The Kier molecular flexibility index (Phi) is 5.22. The number of allylic oxidation sites excluding steroid dienone is 1. The lowest BCUT2D eigenvalue weighted by Crippen LogP contribution is -2.17. The van der Waals surface area contributed by atoms with Crippen molar-refractivity contribution in [1.29, 1.82) is 0 Å². The first kappa shape index (κ1) is 13.5. The quantitative estimate of drug-likeness (QED) is 0.666. The standard InChI is InChI=1S/C12H20BrN3/c1-5-16-11(12(13)10(4)15-16)8-14-7-6-9(2)3/h6,14H,5,7-8H2,1-4H3. The minimum absolute atomic E-state index is 0.846. The summed E-state index contributed by atoms with van der Waals surface area (Å²) < 4.78 is 3.16. The Bertz CT molecular complexity index is 376. The Balaban J connectivity index is 2.62. The van der Waals surface area contributed by atoms with Gasteiger partial charge in [0.15, 0.2) is 0 Å². The van der Waals surface area contributed by atoms with Crippen LogP contribution in [0.2, 0.25) is 0 Å². The van der Waals surface area contributed by atoms with Crippen molar-refractivity contribution >= 4 is 15.9 Å². The van der Waals surface area contributed by atoms with Gasteiger partial charge in [-0.2, -0.15) is 5.10 Å². The van der Waals surface area contributed by atoms with Gasteiger partial charge >= 0.3 is 0 Å². The average Bonchev–Trinajstić information content (AvgIpc) is 2.50. The minimum atomic E-state index is 0.846. The van der Waals surface area contributed by atoms with Gasteiger partial charge in [0, 0.05) is 19.6 Å². The van der Waals surface area contributed by atoms with Crippen LogP contribution in [0.1, 0.15) is 32.2 Å². The first-order chi connectivity index (χ1) is 7.56. The predicted octanol–water partition coefficient (Wildman–Crippen LogP) is 3.03. The molecular formula is C12H20BrN3. The van der Waals surface area contributed by atoms with E-state index in [1.54, 1.807) is 0 Å². The summed E-state index contributed by atoms with van der Waals surface area (Å²) in [5.41, 5.74) is 3.62. The van der Waals surface area contributed by atoms with Crippen molar-refractivity contribution in [1.82, 2.24) is 15.1 Å². The smallest absolute Gasteiger partial charge is 0.0739 e. The zero-order valence-corrected chi connectivity index (χ0v) is 12.1. The third-order valence-electron chi connectivity index (χ3n) is 2.40. The van der Waals surface area contributed by atoms with Gasteiger partial charge in [-0.05, 0) is 43.6 Å². The van der Waals surface area contributed by atoms with Crippen molar-refractivity contribution in [3.8, 4) is 0 Å². The first-order valence-electron chi connectivity index (χ1n) is 5.62. The van der Waals surface area contributed by atoms with E-state index in [9.17, 15) is 0 Å². The third-order valence-corrected chi connectivity index (χ3v) is 3.43. The summed E-state index contributed by atoms with van der Waals surface area (Å²) in [4.78, 5) is 0. The van der Waals surface area contributed by atoms with E-state index in [1.165, 1.54) is 11.3 Å². The Morgan fingerprint density at radius 1 is 1.50 bits per heavy atom. The van der Waals surface area contributed by atoms with Gasteiger partial charge in [-0.3, -0.25) is 4.68 Å². The van der Waals surface area contributed by atoms with Crippen LogP contribution in [-0.4, -0.2) is 16.3 Å². The fourth-order valence-corrected chi connectivity index (χ4v) is 1.93. The zero-order valence-electron chi connectivity index (χ0n) is 10.5. The molecule has 0 amide bonds. The van der Waals surface area contributed by atoms with Crippen LogP contribution < -0.4 is 5.32 Å². The van der Waals surface area contributed by atoms with E-state index in [0.717, 1.165) is 29.8 Å². The van der Waals surface area contributed by atoms with Crippen molar-refractivity contribution in [2.75, 3.05) is 6.54 Å². The molecule has 1 aromatic heterocycles. The maximum atomic E-state index is 4.46. The van der Waals surface area contributed by atoms with Gasteiger partial charge in [-0.1, -0.05) is 11.6 Å². The van der Waals surface area contributed by atoms with Crippen LogP contribution in [0, 0.1) is 6.92 Å². The summed E-state index contributed by atoms with van der Waals surface area (Å²) in [6.45, 7) is 11.0. The highest BCUT2D eigenvalue weighted by Gasteiger charge is 2.10. The fourth-order valence-electron chi connectivity index (χ4n) is 1.50. The first-order valence-corrected chi connectivity index (χ1v) is 6.41. The molecule has 0 aliphatic carbocycles. The summed E-state index contributed by atoms with van der Waals surface area (Å²) in [5, 5.41) is 7.85. The van der Waals surface area contributed by atoms with Gasteiger partial charge in [0.1, 0.15) is 0 Å². The number of nitrogens with one attached hydrogen (secondary N) is 1. The van der Waals surface area contributed by atoms with Gasteiger partial charge in [0.05, 0.1) is 15.9 Å². The maximum absolute atomic E-state index is 4.46. The Hall–Kier alpha value is -0.610. The van der Waals surface area contributed by atoms with E-state index in [2.05, 4.69) is 53.2 Å². The van der Waals surface area contributed by atoms with E-state index in [-0.39, 0.29) is 0 Å². The molecule has 0 aliphatic rings. The van der Waals surface area contributed by atoms with Gasteiger partial charge in [0.2, 0.25) is 0 Å². The molecule has 0 aromatic carbocycles. The van der Waals surface area contributed by atoms with Gasteiger partial charge < -0.3 is 5.32 Å². The fraction of sp³-hybridized carbons (Fsp3) is 0.583. The summed E-state index contributed by atoms with van der Waals surface area (Å²) in [6, 6.07) is 0. The van der Waals surface area contributed by atoms with Crippen LogP contribution in [0.4, 0.5) is 0 Å². The van der Waals surface area contributed by atoms with Crippen LogP contribution in [0.5, 0.6) is 0 Å². The van der Waals surface area contributed by atoms with Crippen LogP contribution in [0.25, 0.3) is 0 Å². The van der Waals surface area contributed by atoms with Gasteiger partial charge in [-0.25, -0.2) is 0 Å². The SMILES string of the molecule is CCn1nc(C)c(Br)c1CNCC=C(C)C. The van der Waals surface area contributed by atoms with E-state index in [1.807, 2.05) is 11.6 Å². The van der Waals surface area contributed by atoms with E-state index < -0.39 is 0 Å². The normalized spacial score (nSPS) is 10.6. The van der Waals surface area contributed by atoms with E-state index in [0.29, 0.717) is 0 Å². The molecule has 16 heavy (non-hydrogen) atoms. The number of aryl methyl sites for hydroxylation is 2. The molecule has 0 fully saturated rings. The molecule has 1 N–H and O–H groups in total. The van der Waals surface area contributed by atoms with Crippen molar-refractivity contribution in [2.24, 2.45) is 0 Å². The molecule has 0 radical (unpaired) electrons. The third kappa shape index (κ3) is 3.46. The monoisotopic (exact) mass is 285 g/mol. The van der Waals surface area contributed by atoms with Gasteiger partial charge in [-0.15, -0.1) is 0 Å². The maximum Gasteiger partial charge on any atom is 0.0739 e. The molecule has 4 heteroatoms. The number of aromatic nitrogens is 2. The second-order valence-electron chi connectivity index (χ2n) is 4.07. The number of halogens is 1. The lowest BCUT2D eigenvalue weighted by Gasteiger charge is -2.06. The summed E-state index contributed by atoms with van der Waals surface area (Å²) >= 11 is 3.58. The highest BCUT2D eigenvalue weighted by molar-refractivity contribution is 9.10. The highest BCUT2D eigenvalue weighted by Crippen LogP contribution is 2.20. The van der Waals surface area contributed by atoms with Crippen molar-refractivity contribution in [3.05, 3.63) is 27.5 Å². The summed E-state index contributed by atoms with van der Waals surface area (Å²) in [6.07, 6.45) is 2.19. The molecule has 0 bridgehead atoms. The van der Waals surface area contributed by atoms with Crippen molar-refractivity contribution in [3.63, 3.8) is 0 Å². The zero-order chi connectivity index (χ0) is 12.1. The molecule has 0 saturated carbocycles. The number of hydrogen-bond acceptors (Lipinski definition) is 2. The number of nitrogens with zero attached hydrogens (tertiary/aromatic N) is 2. The molecule has 0 saturated heterocycles. The molecule has 1 rings (SSSR count). The number of rotatable bonds is 5. The van der Waals surface area contributed by atoms with Crippen LogP contribution in [0.3, 0.4) is 0 Å². The molecule has 0 aliphatic heterocycles. The second kappa shape index (κ2) is 6.21. The molecule has 0 atom stereocenters. The lowest BCUT2D eigenvalue weighted by molar-refractivity contribution is 0.591. The van der Waals surface area contributed by atoms with Crippen LogP contribution >= 0.6 is 15.9 Å². The van der Waals surface area contributed by atoms with E-state index >= 15 is 0 Å². The topological polar surface area (TPSA) is 29.9 Å². The average molecular weight is 286 g/mol. The minimum Gasteiger partial charge on any atom is -0.308 e. The summed E-state index contributed by atoms with van der Waals surface area (Å²) in [5.74, 6) is 0. The highest BCUT2D eigenvalue weighted by atomic mass is 79.9. The molecule has 0 unspecified atom stereocenters. The Morgan fingerprint density at radius 2 is 2.19 bits per heavy atom. The van der Waals surface area contributed by atoms with Crippen LogP contribution in [0.15, 0.2) is 16.1 Å². The number of hydrogen-bond donors (Lipinski definition) is 1. The van der Waals surface area contributed by atoms with E-state index in [4.69, 9.17) is 0 Å². The molecule has 90 valence electrons. The van der Waals surface area contributed by atoms with Crippen LogP contribution in [-0.2, 0) is 13.1 Å². The molecule has 1 heterocycles. The predicted molar refractivity (Wildman–Crippen MR) is 71.5 cm³/mol. The largest absolute Gasteiger partial charge is 0.308 e. The second-order valence-corrected chi connectivity index (χ2v) is 4.87. The van der Waals surface area contributed by atoms with Crippen molar-refractivity contribution < 1.29 is 0 Å².